The Balaban J connectivity index is 2.61. The molecule has 2 rings (SSSR count). The molecule has 0 aliphatic carbocycles. The van der Waals surface area contributed by atoms with Gasteiger partial charge in [-0.3, -0.25) is 0 Å². The lowest BCUT2D eigenvalue weighted by atomic mass is 10.1. The summed E-state index contributed by atoms with van der Waals surface area (Å²) in [6.07, 6.45) is 0. The minimum atomic E-state index is -1.49. The molecule has 1 nitrogen and oxygen atoms in total. The molecule has 0 bridgehead atoms. The third-order valence-electron chi connectivity index (χ3n) is 2.03. The van der Waals surface area contributed by atoms with Crippen LogP contribution >= 0.6 is 15.9 Å². The maximum absolute atomic E-state index is 13.4. The van der Waals surface area contributed by atoms with E-state index in [1.807, 2.05) is 0 Å². The number of aromatic nitrogens is 1. The van der Waals surface area contributed by atoms with Crippen molar-refractivity contribution in [1.29, 1.82) is 0 Å². The van der Waals surface area contributed by atoms with Crippen molar-refractivity contribution in [3.05, 3.63) is 52.4 Å². The van der Waals surface area contributed by atoms with Gasteiger partial charge in [0.05, 0.1) is 5.69 Å². The Morgan fingerprint density at radius 1 is 0.938 bits per heavy atom. The number of rotatable bonds is 1. The van der Waals surface area contributed by atoms with Crippen LogP contribution in [0, 0.1) is 17.5 Å². The van der Waals surface area contributed by atoms with Crippen molar-refractivity contribution in [1.82, 2.24) is 4.98 Å². The fourth-order valence-corrected chi connectivity index (χ4v) is 1.63. The second kappa shape index (κ2) is 4.25. The quantitative estimate of drug-likeness (QED) is 0.572. The van der Waals surface area contributed by atoms with Gasteiger partial charge in [-0.1, -0.05) is 6.07 Å². The van der Waals surface area contributed by atoms with E-state index in [1.165, 1.54) is 6.07 Å². The Kier molecular flexibility index (Phi) is 2.96. The largest absolute Gasteiger partial charge is 0.241 e. The molecule has 0 amide bonds. The average molecular weight is 288 g/mol. The summed E-state index contributed by atoms with van der Waals surface area (Å²) in [4.78, 5) is 3.96. The molecule has 0 N–H and O–H groups in total. The third kappa shape index (κ3) is 1.95. The van der Waals surface area contributed by atoms with E-state index in [9.17, 15) is 13.2 Å². The van der Waals surface area contributed by atoms with Crippen LogP contribution in [0.3, 0.4) is 0 Å². The maximum Gasteiger partial charge on any atom is 0.195 e. The second-order valence-electron chi connectivity index (χ2n) is 3.07. The number of halogens is 4. The summed E-state index contributed by atoms with van der Waals surface area (Å²) >= 11 is 3.12. The predicted molar refractivity (Wildman–Crippen MR) is 57.2 cm³/mol. The van der Waals surface area contributed by atoms with Crippen LogP contribution in [-0.4, -0.2) is 4.98 Å². The van der Waals surface area contributed by atoms with E-state index in [0.717, 1.165) is 12.1 Å². The van der Waals surface area contributed by atoms with Crippen LogP contribution in [0.1, 0.15) is 0 Å². The lowest BCUT2D eigenvalue weighted by Crippen LogP contribution is -1.95. The van der Waals surface area contributed by atoms with Crippen molar-refractivity contribution < 1.29 is 13.2 Å². The Hall–Kier alpha value is -1.36. The highest BCUT2D eigenvalue weighted by Gasteiger charge is 2.15. The van der Waals surface area contributed by atoms with Gasteiger partial charge in [-0.25, -0.2) is 18.2 Å². The molecule has 0 saturated heterocycles. The fourth-order valence-electron chi connectivity index (χ4n) is 1.28. The minimum absolute atomic E-state index is 0.0693. The number of hydrogen-bond donors (Lipinski definition) is 0. The summed E-state index contributed by atoms with van der Waals surface area (Å²) in [6, 6.07) is 6.83. The zero-order valence-electron chi connectivity index (χ0n) is 7.85. The van der Waals surface area contributed by atoms with E-state index in [-0.39, 0.29) is 11.3 Å². The summed E-state index contributed by atoms with van der Waals surface area (Å²) < 4.78 is 39.6. The molecule has 16 heavy (non-hydrogen) atoms. The van der Waals surface area contributed by atoms with Crippen LogP contribution in [0.15, 0.2) is 34.9 Å². The second-order valence-corrected chi connectivity index (χ2v) is 3.88. The van der Waals surface area contributed by atoms with Gasteiger partial charge in [0.25, 0.3) is 0 Å². The molecule has 1 heterocycles. The van der Waals surface area contributed by atoms with Gasteiger partial charge < -0.3 is 0 Å². The molecule has 5 heteroatoms. The fraction of sp³-hybridized carbons (Fsp3) is 0. The predicted octanol–water partition coefficient (Wildman–Crippen LogP) is 3.93. The SMILES string of the molecule is Fc1ccc(-c2cccc(Br)n2)c(F)c1F. The van der Waals surface area contributed by atoms with Crippen LogP contribution in [0.4, 0.5) is 13.2 Å². The molecule has 0 atom stereocenters. The van der Waals surface area contributed by atoms with Gasteiger partial charge in [-0.15, -0.1) is 0 Å². The van der Waals surface area contributed by atoms with Crippen molar-refractivity contribution in [3.63, 3.8) is 0 Å². The maximum atomic E-state index is 13.4. The van der Waals surface area contributed by atoms with Crippen LogP contribution in [-0.2, 0) is 0 Å². The van der Waals surface area contributed by atoms with Gasteiger partial charge in [-0.2, -0.15) is 0 Å². The lowest BCUT2D eigenvalue weighted by molar-refractivity contribution is 0.449. The highest BCUT2D eigenvalue weighted by atomic mass is 79.9. The van der Waals surface area contributed by atoms with E-state index >= 15 is 0 Å². The van der Waals surface area contributed by atoms with Gasteiger partial charge in [0.1, 0.15) is 4.60 Å². The van der Waals surface area contributed by atoms with Gasteiger partial charge in [0, 0.05) is 5.56 Å². The topological polar surface area (TPSA) is 12.9 Å². The van der Waals surface area contributed by atoms with Crippen molar-refractivity contribution in [2.24, 2.45) is 0 Å². The molecule has 0 spiro atoms. The first-order valence-corrected chi connectivity index (χ1v) is 5.15. The lowest BCUT2D eigenvalue weighted by Gasteiger charge is -2.04. The zero-order valence-corrected chi connectivity index (χ0v) is 9.43. The monoisotopic (exact) mass is 287 g/mol. The first kappa shape index (κ1) is 11.1. The Bertz CT molecular complexity index is 543. The summed E-state index contributed by atoms with van der Waals surface area (Å²) in [7, 11) is 0. The molecule has 1 aromatic carbocycles. The summed E-state index contributed by atoms with van der Waals surface area (Å²) in [5.41, 5.74) is 0.172. The summed E-state index contributed by atoms with van der Waals surface area (Å²) in [5, 5.41) is 0. The van der Waals surface area contributed by atoms with Crippen molar-refractivity contribution in [3.8, 4) is 11.3 Å². The van der Waals surface area contributed by atoms with Gasteiger partial charge in [0.15, 0.2) is 17.5 Å². The molecule has 2 aromatic rings. The molecular formula is C11H5BrF3N. The van der Waals surface area contributed by atoms with Crippen LogP contribution < -0.4 is 0 Å². The number of benzene rings is 1. The van der Waals surface area contributed by atoms with Gasteiger partial charge in [0.2, 0.25) is 0 Å². The minimum Gasteiger partial charge on any atom is -0.241 e. The van der Waals surface area contributed by atoms with Gasteiger partial charge in [-0.05, 0) is 40.2 Å². The molecule has 1 aromatic heterocycles. The van der Waals surface area contributed by atoms with Gasteiger partial charge >= 0.3 is 0 Å². The van der Waals surface area contributed by atoms with Crippen molar-refractivity contribution in [2.75, 3.05) is 0 Å². The average Bonchev–Trinajstić information content (AvgIpc) is 2.26. The first-order chi connectivity index (χ1) is 7.59. The molecular weight excluding hydrogens is 283 g/mol. The van der Waals surface area contributed by atoms with E-state index in [2.05, 4.69) is 20.9 Å². The van der Waals surface area contributed by atoms with E-state index < -0.39 is 17.5 Å². The standard InChI is InChI=1S/C11H5BrF3N/c12-9-3-1-2-8(16-9)6-4-5-7(13)11(15)10(6)14/h1-5H. The molecule has 0 saturated carbocycles. The smallest absolute Gasteiger partial charge is 0.195 e. The molecule has 0 aliphatic heterocycles. The summed E-state index contributed by atoms with van der Waals surface area (Å²) in [6.45, 7) is 0. The molecule has 0 fully saturated rings. The van der Waals surface area contributed by atoms with Crippen LogP contribution in [0.5, 0.6) is 0 Å². The van der Waals surface area contributed by atoms with Crippen molar-refractivity contribution in [2.45, 2.75) is 0 Å². The Morgan fingerprint density at radius 3 is 2.38 bits per heavy atom. The van der Waals surface area contributed by atoms with Crippen LogP contribution in [0.2, 0.25) is 0 Å². The molecule has 0 radical (unpaired) electrons. The highest BCUT2D eigenvalue weighted by Crippen LogP contribution is 2.25. The molecule has 0 unspecified atom stereocenters. The number of pyridine rings is 1. The Morgan fingerprint density at radius 2 is 1.69 bits per heavy atom. The number of hydrogen-bond acceptors (Lipinski definition) is 1. The Labute approximate surface area is 98.1 Å². The van der Waals surface area contributed by atoms with Crippen LogP contribution in [0.25, 0.3) is 11.3 Å². The first-order valence-electron chi connectivity index (χ1n) is 4.36. The number of nitrogens with zero attached hydrogens (tertiary/aromatic N) is 1. The highest BCUT2D eigenvalue weighted by molar-refractivity contribution is 9.10. The normalized spacial score (nSPS) is 10.5. The molecule has 0 aliphatic rings. The van der Waals surface area contributed by atoms with E-state index in [0.29, 0.717) is 4.60 Å². The van der Waals surface area contributed by atoms with E-state index in [1.54, 1.807) is 12.1 Å². The molecule has 82 valence electrons. The van der Waals surface area contributed by atoms with Crippen molar-refractivity contribution >= 4 is 15.9 Å². The third-order valence-corrected chi connectivity index (χ3v) is 2.47. The summed E-state index contributed by atoms with van der Waals surface area (Å²) in [5.74, 6) is -3.93. The zero-order chi connectivity index (χ0) is 11.7. The van der Waals surface area contributed by atoms with E-state index in [4.69, 9.17) is 0 Å².